The number of carbonyl (C=O) groups is 1. The van der Waals surface area contributed by atoms with E-state index in [0.29, 0.717) is 5.75 Å². The Morgan fingerprint density at radius 2 is 2.38 bits per heavy atom. The van der Waals surface area contributed by atoms with Gasteiger partial charge in [-0.15, -0.1) is 0 Å². The third-order valence-electron chi connectivity index (χ3n) is 2.27. The zero-order valence-electron chi connectivity index (χ0n) is 9.27. The molecule has 0 aromatic carbocycles. The molecular formula is C10H16N2O3S. The zero-order chi connectivity index (χ0) is 12.1. The highest BCUT2D eigenvalue weighted by atomic mass is 32.2. The number of nitrogen functional groups attached to an aromatic ring is 1. The van der Waals surface area contributed by atoms with Crippen LogP contribution < -0.4 is 11.3 Å². The first-order valence-electron chi connectivity index (χ1n) is 4.93. The topological polar surface area (TPSA) is 88.5 Å². The van der Waals surface area contributed by atoms with Gasteiger partial charge >= 0.3 is 5.91 Å². The van der Waals surface area contributed by atoms with E-state index >= 15 is 0 Å². The summed E-state index contributed by atoms with van der Waals surface area (Å²) in [6.45, 7) is 3.67. The van der Waals surface area contributed by atoms with Crippen molar-refractivity contribution in [2.75, 3.05) is 0 Å². The Labute approximate surface area is 98.4 Å². The second-order valence-electron chi connectivity index (χ2n) is 3.51. The van der Waals surface area contributed by atoms with Gasteiger partial charge < -0.3 is 9.52 Å². The number of furan rings is 1. The van der Waals surface area contributed by atoms with Crippen molar-refractivity contribution in [3.05, 3.63) is 23.7 Å². The molecule has 90 valence electrons. The van der Waals surface area contributed by atoms with Gasteiger partial charge in [0.05, 0.1) is 12.4 Å². The predicted molar refractivity (Wildman–Crippen MR) is 62.8 cm³/mol. The van der Waals surface area contributed by atoms with Crippen LogP contribution in [0.2, 0.25) is 0 Å². The fraction of sp³-hybridized carbons (Fsp3) is 0.500. The lowest BCUT2D eigenvalue weighted by molar-refractivity contribution is 0.0925. The van der Waals surface area contributed by atoms with E-state index in [0.717, 1.165) is 5.56 Å². The predicted octanol–water partition coefficient (Wildman–Crippen LogP) is 0.886. The molecule has 0 saturated heterocycles. The number of hydrogen-bond acceptors (Lipinski definition) is 5. The van der Waals surface area contributed by atoms with E-state index in [1.165, 1.54) is 6.26 Å². The van der Waals surface area contributed by atoms with Crippen molar-refractivity contribution < 1.29 is 14.3 Å². The average molecular weight is 244 g/mol. The van der Waals surface area contributed by atoms with Gasteiger partial charge in [-0.05, 0) is 13.0 Å². The molecule has 1 aromatic rings. The van der Waals surface area contributed by atoms with E-state index in [2.05, 4.69) is 0 Å². The SMILES string of the molecule is CC(O)C(C)SCc1ccoc1C(=O)NN. The van der Waals surface area contributed by atoms with Gasteiger partial charge in [-0.25, -0.2) is 5.84 Å². The van der Waals surface area contributed by atoms with Gasteiger partial charge in [-0.1, -0.05) is 6.92 Å². The van der Waals surface area contributed by atoms with Crippen molar-refractivity contribution >= 4 is 17.7 Å². The van der Waals surface area contributed by atoms with E-state index in [-0.39, 0.29) is 17.1 Å². The van der Waals surface area contributed by atoms with E-state index in [4.69, 9.17) is 10.3 Å². The number of thioether (sulfide) groups is 1. The molecule has 2 unspecified atom stereocenters. The molecule has 0 aliphatic carbocycles. The van der Waals surface area contributed by atoms with Crippen LogP contribution in [0.15, 0.2) is 16.7 Å². The Morgan fingerprint density at radius 3 is 2.94 bits per heavy atom. The van der Waals surface area contributed by atoms with Gasteiger partial charge in [0.15, 0.2) is 5.76 Å². The van der Waals surface area contributed by atoms with Crippen LogP contribution in [0.4, 0.5) is 0 Å². The summed E-state index contributed by atoms with van der Waals surface area (Å²) in [6.07, 6.45) is 1.07. The highest BCUT2D eigenvalue weighted by Crippen LogP contribution is 2.23. The number of nitrogens with two attached hydrogens (primary N) is 1. The Hall–Kier alpha value is -0.980. The van der Waals surface area contributed by atoms with Crippen LogP contribution in [0, 0.1) is 0 Å². The molecule has 4 N–H and O–H groups in total. The number of aliphatic hydroxyl groups excluding tert-OH is 1. The Balaban J connectivity index is 2.61. The lowest BCUT2D eigenvalue weighted by atomic mass is 10.3. The quantitative estimate of drug-likeness (QED) is 0.406. The summed E-state index contributed by atoms with van der Waals surface area (Å²) in [5.74, 6) is 5.42. The van der Waals surface area contributed by atoms with Crippen LogP contribution in [0.3, 0.4) is 0 Å². The van der Waals surface area contributed by atoms with Gasteiger partial charge in [0.2, 0.25) is 0 Å². The van der Waals surface area contributed by atoms with Crippen molar-refractivity contribution in [1.29, 1.82) is 0 Å². The number of aliphatic hydroxyl groups is 1. The smallest absolute Gasteiger partial charge is 0.301 e. The molecule has 0 aliphatic rings. The molecule has 2 atom stereocenters. The lowest BCUT2D eigenvalue weighted by Gasteiger charge is -2.13. The Morgan fingerprint density at radius 1 is 1.69 bits per heavy atom. The van der Waals surface area contributed by atoms with E-state index in [1.54, 1.807) is 24.8 Å². The molecule has 1 aromatic heterocycles. The maximum absolute atomic E-state index is 11.3. The number of rotatable bonds is 5. The Bertz CT molecular complexity index is 352. The maximum atomic E-state index is 11.3. The first-order chi connectivity index (χ1) is 7.56. The van der Waals surface area contributed by atoms with Crippen LogP contribution in [-0.4, -0.2) is 22.4 Å². The summed E-state index contributed by atoms with van der Waals surface area (Å²) in [5, 5.41) is 9.43. The molecule has 6 heteroatoms. The largest absolute Gasteiger partial charge is 0.459 e. The first-order valence-corrected chi connectivity index (χ1v) is 5.98. The van der Waals surface area contributed by atoms with Crippen molar-refractivity contribution in [2.45, 2.75) is 31.0 Å². The summed E-state index contributed by atoms with van der Waals surface area (Å²) in [6, 6.07) is 1.73. The normalized spacial score (nSPS) is 14.5. The highest BCUT2D eigenvalue weighted by molar-refractivity contribution is 7.99. The van der Waals surface area contributed by atoms with Crippen LogP contribution in [0.25, 0.3) is 0 Å². The van der Waals surface area contributed by atoms with Gasteiger partial charge in [0.25, 0.3) is 0 Å². The summed E-state index contributed by atoms with van der Waals surface area (Å²) in [5.41, 5.74) is 2.81. The number of hydrazine groups is 1. The van der Waals surface area contributed by atoms with Crippen LogP contribution in [0.1, 0.15) is 30.0 Å². The second kappa shape index (κ2) is 5.93. The molecule has 5 nitrogen and oxygen atoms in total. The monoisotopic (exact) mass is 244 g/mol. The molecule has 0 aliphatic heterocycles. The van der Waals surface area contributed by atoms with Crippen LogP contribution in [0.5, 0.6) is 0 Å². The molecule has 0 bridgehead atoms. The molecule has 1 amide bonds. The van der Waals surface area contributed by atoms with Crippen molar-refractivity contribution in [3.8, 4) is 0 Å². The second-order valence-corrected chi connectivity index (χ2v) is 4.87. The lowest BCUT2D eigenvalue weighted by Crippen LogP contribution is -2.30. The molecule has 0 radical (unpaired) electrons. The third-order valence-corrected chi connectivity index (χ3v) is 3.66. The standard InChI is InChI=1S/C10H16N2O3S/c1-6(13)7(2)16-5-8-3-4-15-9(8)10(14)12-11/h3-4,6-7,13H,5,11H2,1-2H3,(H,12,14). The van der Waals surface area contributed by atoms with Crippen molar-refractivity contribution in [2.24, 2.45) is 5.84 Å². The minimum absolute atomic E-state index is 0.101. The number of nitrogens with one attached hydrogen (secondary N) is 1. The summed E-state index contributed by atoms with van der Waals surface area (Å²) in [4.78, 5) is 11.3. The van der Waals surface area contributed by atoms with E-state index < -0.39 is 5.91 Å². The molecule has 0 saturated carbocycles. The highest BCUT2D eigenvalue weighted by Gasteiger charge is 2.16. The van der Waals surface area contributed by atoms with Crippen molar-refractivity contribution in [1.82, 2.24) is 5.43 Å². The van der Waals surface area contributed by atoms with Gasteiger partial charge in [-0.3, -0.25) is 10.2 Å². The molecular weight excluding hydrogens is 228 g/mol. The number of amides is 1. The first kappa shape index (κ1) is 13.1. The average Bonchev–Trinajstić information content (AvgIpc) is 2.72. The molecule has 1 heterocycles. The summed E-state index contributed by atoms with van der Waals surface area (Å²) >= 11 is 1.55. The minimum atomic E-state index is -0.440. The number of carbonyl (C=O) groups excluding carboxylic acids is 1. The minimum Gasteiger partial charge on any atom is -0.459 e. The fourth-order valence-corrected chi connectivity index (χ4v) is 2.02. The van der Waals surface area contributed by atoms with Crippen molar-refractivity contribution in [3.63, 3.8) is 0 Å². The van der Waals surface area contributed by atoms with Gasteiger partial charge in [0, 0.05) is 16.6 Å². The fourth-order valence-electron chi connectivity index (χ4n) is 1.07. The molecule has 0 spiro atoms. The van der Waals surface area contributed by atoms with E-state index in [9.17, 15) is 9.90 Å². The zero-order valence-corrected chi connectivity index (χ0v) is 10.1. The van der Waals surface area contributed by atoms with E-state index in [1.807, 2.05) is 12.3 Å². The summed E-state index contributed by atoms with van der Waals surface area (Å²) < 4.78 is 5.04. The molecule has 0 fully saturated rings. The summed E-state index contributed by atoms with van der Waals surface area (Å²) in [7, 11) is 0. The van der Waals surface area contributed by atoms with Crippen LogP contribution in [-0.2, 0) is 5.75 Å². The maximum Gasteiger partial charge on any atom is 0.301 e. The van der Waals surface area contributed by atoms with Crippen LogP contribution >= 0.6 is 11.8 Å². The van der Waals surface area contributed by atoms with Gasteiger partial charge in [0.1, 0.15) is 0 Å². The Kier molecular flexibility index (Phi) is 4.85. The van der Waals surface area contributed by atoms with Gasteiger partial charge in [-0.2, -0.15) is 11.8 Å². The number of hydrogen-bond donors (Lipinski definition) is 3. The molecule has 1 rings (SSSR count). The molecule has 16 heavy (non-hydrogen) atoms. The third kappa shape index (κ3) is 3.26.